The van der Waals surface area contributed by atoms with Crippen LogP contribution in [0, 0.1) is 0 Å². The third-order valence-electron chi connectivity index (χ3n) is 3.36. The van der Waals surface area contributed by atoms with Crippen molar-refractivity contribution in [1.82, 2.24) is 0 Å². The van der Waals surface area contributed by atoms with Gasteiger partial charge in [0.05, 0.1) is 13.2 Å². The standard InChI is InChI=1S/C17H19NO2S/c1-12(18)14-5-2-3-6-17(14)21-13-7-8-15-16(11-13)20-10-4-9-19-15/h2-3,5-8,11-12H,4,9-10,18H2,1H3/t12-/m0/s1. The first-order valence-corrected chi connectivity index (χ1v) is 7.98. The van der Waals surface area contributed by atoms with Crippen molar-refractivity contribution in [2.24, 2.45) is 5.73 Å². The maximum absolute atomic E-state index is 6.04. The van der Waals surface area contributed by atoms with Gasteiger partial charge in [-0.1, -0.05) is 30.0 Å². The predicted octanol–water partition coefficient (Wildman–Crippen LogP) is 4.02. The van der Waals surface area contributed by atoms with Crippen molar-refractivity contribution >= 4 is 11.8 Å². The Morgan fingerprint density at radius 3 is 2.62 bits per heavy atom. The Labute approximate surface area is 129 Å². The normalized spacial score (nSPS) is 15.3. The third kappa shape index (κ3) is 3.34. The van der Waals surface area contributed by atoms with Gasteiger partial charge in [0.2, 0.25) is 0 Å². The van der Waals surface area contributed by atoms with Crippen molar-refractivity contribution in [2.45, 2.75) is 29.2 Å². The molecule has 1 atom stereocenters. The van der Waals surface area contributed by atoms with E-state index in [1.165, 1.54) is 4.90 Å². The summed E-state index contributed by atoms with van der Waals surface area (Å²) in [5.41, 5.74) is 7.20. The molecule has 0 saturated heterocycles. The van der Waals surface area contributed by atoms with Gasteiger partial charge in [0.1, 0.15) is 0 Å². The van der Waals surface area contributed by atoms with Gasteiger partial charge in [-0.25, -0.2) is 0 Å². The lowest BCUT2D eigenvalue weighted by Gasteiger charge is -2.13. The monoisotopic (exact) mass is 301 g/mol. The van der Waals surface area contributed by atoms with E-state index in [2.05, 4.69) is 18.2 Å². The minimum atomic E-state index is 0.0223. The van der Waals surface area contributed by atoms with Crippen LogP contribution in [0.5, 0.6) is 11.5 Å². The zero-order valence-corrected chi connectivity index (χ0v) is 12.9. The second kappa shape index (κ2) is 6.41. The Morgan fingerprint density at radius 2 is 1.81 bits per heavy atom. The van der Waals surface area contributed by atoms with Crippen LogP contribution in [0.15, 0.2) is 52.3 Å². The second-order valence-corrected chi connectivity index (χ2v) is 6.20. The fourth-order valence-electron chi connectivity index (χ4n) is 2.28. The van der Waals surface area contributed by atoms with Gasteiger partial charge in [-0.05, 0) is 36.8 Å². The fourth-order valence-corrected chi connectivity index (χ4v) is 3.36. The van der Waals surface area contributed by atoms with Gasteiger partial charge in [-0.2, -0.15) is 0 Å². The van der Waals surface area contributed by atoms with Crippen LogP contribution >= 0.6 is 11.8 Å². The highest BCUT2D eigenvalue weighted by atomic mass is 32.2. The number of ether oxygens (including phenoxy) is 2. The minimum absolute atomic E-state index is 0.0223. The predicted molar refractivity (Wildman–Crippen MR) is 85.2 cm³/mol. The van der Waals surface area contributed by atoms with Crippen molar-refractivity contribution in [2.75, 3.05) is 13.2 Å². The van der Waals surface area contributed by atoms with Crippen LogP contribution in [0.2, 0.25) is 0 Å². The summed E-state index contributed by atoms with van der Waals surface area (Å²) in [6, 6.07) is 14.4. The fraction of sp³-hybridized carbons (Fsp3) is 0.294. The Bertz CT molecular complexity index is 628. The molecule has 2 aromatic carbocycles. The summed E-state index contributed by atoms with van der Waals surface area (Å²) in [5, 5.41) is 0. The maximum atomic E-state index is 6.04. The van der Waals surface area contributed by atoms with Gasteiger partial charge in [0, 0.05) is 22.3 Å². The maximum Gasteiger partial charge on any atom is 0.162 e. The van der Waals surface area contributed by atoms with Gasteiger partial charge < -0.3 is 15.2 Å². The number of hydrogen-bond acceptors (Lipinski definition) is 4. The number of rotatable bonds is 3. The van der Waals surface area contributed by atoms with Gasteiger partial charge in [0.15, 0.2) is 11.5 Å². The molecular formula is C17H19NO2S. The first kappa shape index (κ1) is 14.3. The number of hydrogen-bond donors (Lipinski definition) is 1. The highest BCUT2D eigenvalue weighted by Crippen LogP contribution is 2.38. The summed E-state index contributed by atoms with van der Waals surface area (Å²) in [4.78, 5) is 2.31. The molecule has 1 heterocycles. The van der Waals surface area contributed by atoms with Crippen LogP contribution in [0.4, 0.5) is 0 Å². The number of benzene rings is 2. The first-order chi connectivity index (χ1) is 10.2. The second-order valence-electron chi connectivity index (χ2n) is 5.09. The van der Waals surface area contributed by atoms with E-state index in [1.807, 2.05) is 31.2 Å². The number of fused-ring (bicyclic) bond motifs is 1. The lowest BCUT2D eigenvalue weighted by Crippen LogP contribution is -2.05. The molecule has 21 heavy (non-hydrogen) atoms. The molecule has 3 nitrogen and oxygen atoms in total. The Morgan fingerprint density at radius 1 is 1.05 bits per heavy atom. The van der Waals surface area contributed by atoms with Crippen LogP contribution in [-0.4, -0.2) is 13.2 Å². The molecule has 0 unspecified atom stereocenters. The van der Waals surface area contributed by atoms with E-state index in [-0.39, 0.29) is 6.04 Å². The van der Waals surface area contributed by atoms with Crippen molar-refractivity contribution < 1.29 is 9.47 Å². The largest absolute Gasteiger partial charge is 0.490 e. The van der Waals surface area contributed by atoms with E-state index in [9.17, 15) is 0 Å². The molecule has 4 heteroatoms. The first-order valence-electron chi connectivity index (χ1n) is 7.16. The van der Waals surface area contributed by atoms with E-state index in [1.54, 1.807) is 11.8 Å². The van der Waals surface area contributed by atoms with Gasteiger partial charge in [0.25, 0.3) is 0 Å². The van der Waals surface area contributed by atoms with Gasteiger partial charge in [-0.3, -0.25) is 0 Å². The van der Waals surface area contributed by atoms with E-state index in [4.69, 9.17) is 15.2 Å². The Kier molecular flexibility index (Phi) is 4.36. The molecule has 3 rings (SSSR count). The summed E-state index contributed by atoms with van der Waals surface area (Å²) in [7, 11) is 0. The van der Waals surface area contributed by atoms with Gasteiger partial charge >= 0.3 is 0 Å². The van der Waals surface area contributed by atoms with Crippen LogP contribution in [-0.2, 0) is 0 Å². The van der Waals surface area contributed by atoms with Crippen molar-refractivity contribution in [1.29, 1.82) is 0 Å². The zero-order chi connectivity index (χ0) is 14.7. The molecule has 0 amide bonds. The molecule has 0 fully saturated rings. The van der Waals surface area contributed by atoms with Gasteiger partial charge in [-0.15, -0.1) is 0 Å². The molecule has 0 saturated carbocycles. The lowest BCUT2D eigenvalue weighted by molar-refractivity contribution is 0.297. The molecule has 0 bridgehead atoms. The van der Waals surface area contributed by atoms with E-state index in [0.29, 0.717) is 13.2 Å². The van der Waals surface area contributed by atoms with E-state index < -0.39 is 0 Å². The van der Waals surface area contributed by atoms with Crippen LogP contribution < -0.4 is 15.2 Å². The summed E-state index contributed by atoms with van der Waals surface area (Å²) in [6.07, 6.45) is 0.921. The van der Waals surface area contributed by atoms with Crippen LogP contribution in [0.3, 0.4) is 0 Å². The smallest absolute Gasteiger partial charge is 0.162 e. The molecule has 2 aromatic rings. The molecule has 110 valence electrons. The Hall–Kier alpha value is -1.65. The molecule has 2 N–H and O–H groups in total. The lowest BCUT2D eigenvalue weighted by atomic mass is 10.1. The average molecular weight is 301 g/mol. The highest BCUT2D eigenvalue weighted by molar-refractivity contribution is 7.99. The molecular weight excluding hydrogens is 282 g/mol. The topological polar surface area (TPSA) is 44.5 Å². The molecule has 0 aliphatic carbocycles. The summed E-state index contributed by atoms with van der Waals surface area (Å²) in [5.74, 6) is 1.66. The average Bonchev–Trinajstić information content (AvgIpc) is 2.72. The Balaban J connectivity index is 1.87. The summed E-state index contributed by atoms with van der Waals surface area (Å²) >= 11 is 1.71. The van der Waals surface area contributed by atoms with Crippen LogP contribution in [0.25, 0.3) is 0 Å². The molecule has 1 aliphatic heterocycles. The zero-order valence-electron chi connectivity index (χ0n) is 12.0. The highest BCUT2D eigenvalue weighted by Gasteiger charge is 2.13. The molecule has 0 aromatic heterocycles. The quantitative estimate of drug-likeness (QED) is 0.930. The SMILES string of the molecule is C[C@H](N)c1ccccc1Sc1ccc2c(c1)OCCCO2. The summed E-state index contributed by atoms with van der Waals surface area (Å²) < 4.78 is 11.4. The minimum Gasteiger partial charge on any atom is -0.490 e. The van der Waals surface area contributed by atoms with Crippen LogP contribution in [0.1, 0.15) is 24.9 Å². The molecule has 0 spiro atoms. The third-order valence-corrected chi connectivity index (χ3v) is 4.44. The molecule has 1 aliphatic rings. The van der Waals surface area contributed by atoms with Crippen molar-refractivity contribution in [3.8, 4) is 11.5 Å². The van der Waals surface area contributed by atoms with E-state index >= 15 is 0 Å². The van der Waals surface area contributed by atoms with Crippen molar-refractivity contribution in [3.63, 3.8) is 0 Å². The number of nitrogens with two attached hydrogens (primary N) is 1. The molecule has 0 radical (unpaired) electrons. The van der Waals surface area contributed by atoms with Crippen molar-refractivity contribution in [3.05, 3.63) is 48.0 Å². The van der Waals surface area contributed by atoms with E-state index in [0.717, 1.165) is 28.4 Å². The summed E-state index contributed by atoms with van der Waals surface area (Å²) in [6.45, 7) is 3.43.